The van der Waals surface area contributed by atoms with Gasteiger partial charge < -0.3 is 35.7 Å². The van der Waals surface area contributed by atoms with Crippen LogP contribution in [0.2, 0.25) is 5.02 Å². The van der Waals surface area contributed by atoms with E-state index >= 15 is 0 Å². The normalized spacial score (nSPS) is 13.9. The van der Waals surface area contributed by atoms with Gasteiger partial charge in [-0.25, -0.2) is 9.97 Å². The van der Waals surface area contributed by atoms with E-state index in [0.717, 1.165) is 5.56 Å². The van der Waals surface area contributed by atoms with Crippen molar-refractivity contribution in [2.45, 2.75) is 72.1 Å². The van der Waals surface area contributed by atoms with Gasteiger partial charge in [0.2, 0.25) is 5.95 Å². The first-order valence-corrected chi connectivity index (χ1v) is 16.3. The molecule has 0 unspecified atom stereocenters. The Hall–Kier alpha value is -4.00. The number of anilines is 1. The average Bonchev–Trinajstić information content (AvgIpc) is 3.52. The number of likely N-dealkylation sites (N-methyl/N-ethyl adjacent to an activating group) is 2. The van der Waals surface area contributed by atoms with Crippen LogP contribution in [-0.4, -0.2) is 78.2 Å². The molecular formula is C34H48ClN7O5. The maximum atomic E-state index is 13.5. The van der Waals surface area contributed by atoms with Crippen molar-refractivity contribution in [3.05, 3.63) is 64.6 Å². The molecule has 12 nitrogen and oxygen atoms in total. The molecule has 0 saturated carbocycles. The summed E-state index contributed by atoms with van der Waals surface area (Å²) in [4.78, 5) is 50.9. The van der Waals surface area contributed by atoms with Crippen LogP contribution in [0.1, 0.15) is 68.7 Å². The number of carbonyl (C=O) groups excluding carboxylic acids is 3. The molecule has 0 bridgehead atoms. The van der Waals surface area contributed by atoms with E-state index < -0.39 is 24.0 Å². The van der Waals surface area contributed by atoms with Crippen LogP contribution in [0.4, 0.5) is 5.95 Å². The maximum Gasteiger partial charge on any atom is 0.323 e. The Bertz CT molecular complexity index is 1500. The van der Waals surface area contributed by atoms with E-state index in [0.29, 0.717) is 39.9 Å². The minimum Gasteiger partial charge on any atom is -0.462 e. The molecule has 1 aromatic carbocycles. The number of hydrogen-bond donors (Lipinski definition) is 5. The van der Waals surface area contributed by atoms with Crippen LogP contribution in [0, 0.1) is 18.8 Å². The lowest BCUT2D eigenvalue weighted by Crippen LogP contribution is -2.41. The summed E-state index contributed by atoms with van der Waals surface area (Å²) in [5, 5.41) is 12.7. The van der Waals surface area contributed by atoms with Gasteiger partial charge in [-0.15, -0.1) is 0 Å². The lowest BCUT2D eigenvalue weighted by Gasteiger charge is -2.23. The van der Waals surface area contributed by atoms with E-state index in [1.165, 1.54) is 0 Å². The molecule has 0 aliphatic heterocycles. The number of esters is 2. The van der Waals surface area contributed by atoms with Crippen molar-refractivity contribution in [1.82, 2.24) is 30.9 Å². The van der Waals surface area contributed by atoms with Crippen molar-refractivity contribution >= 4 is 35.4 Å². The molecule has 3 rings (SSSR count). The molecule has 0 radical (unpaired) electrons. The molecule has 0 aliphatic rings. The Balaban J connectivity index is 1.74. The molecule has 5 N–H and O–H groups in total. The fraction of sp³-hybridized carbons (Fsp3) is 0.500. The predicted octanol–water partition coefficient (Wildman–Crippen LogP) is 4.67. The smallest absolute Gasteiger partial charge is 0.323 e. The summed E-state index contributed by atoms with van der Waals surface area (Å²) < 4.78 is 11.2. The summed E-state index contributed by atoms with van der Waals surface area (Å²) in [5.41, 5.74) is 3.12. The Morgan fingerprint density at radius 1 is 0.957 bits per heavy atom. The first-order chi connectivity index (χ1) is 22.4. The van der Waals surface area contributed by atoms with Crippen LogP contribution in [-0.2, 0) is 19.1 Å². The number of carbonyl (C=O) groups is 3. The lowest BCUT2D eigenvalue weighted by atomic mass is 10.0. The molecule has 4 atom stereocenters. The monoisotopic (exact) mass is 669 g/mol. The molecule has 0 saturated heterocycles. The Morgan fingerprint density at radius 2 is 1.60 bits per heavy atom. The van der Waals surface area contributed by atoms with Crippen LogP contribution >= 0.6 is 11.6 Å². The number of aromatic amines is 1. The highest BCUT2D eigenvalue weighted by Gasteiger charge is 2.26. The first kappa shape index (κ1) is 37.5. The zero-order chi connectivity index (χ0) is 34.7. The van der Waals surface area contributed by atoms with Crippen LogP contribution < -0.4 is 21.3 Å². The number of amides is 1. The fourth-order valence-electron chi connectivity index (χ4n) is 5.07. The van der Waals surface area contributed by atoms with Gasteiger partial charge in [0.25, 0.3) is 5.91 Å². The van der Waals surface area contributed by atoms with Gasteiger partial charge in [0.05, 0.1) is 17.8 Å². The summed E-state index contributed by atoms with van der Waals surface area (Å²) in [6, 6.07) is 7.03. The van der Waals surface area contributed by atoms with Crippen molar-refractivity contribution in [2.75, 3.05) is 32.6 Å². The highest BCUT2D eigenvalue weighted by Crippen LogP contribution is 2.24. The van der Waals surface area contributed by atoms with Gasteiger partial charge in [-0.2, -0.15) is 0 Å². The molecule has 256 valence electrons. The quantitative estimate of drug-likeness (QED) is 0.128. The maximum absolute atomic E-state index is 13.5. The van der Waals surface area contributed by atoms with Crippen molar-refractivity contribution in [3.63, 3.8) is 0 Å². The van der Waals surface area contributed by atoms with E-state index in [9.17, 15) is 14.4 Å². The largest absolute Gasteiger partial charge is 0.462 e. The van der Waals surface area contributed by atoms with E-state index in [1.807, 2.05) is 47.6 Å². The molecule has 0 aliphatic carbocycles. The third kappa shape index (κ3) is 10.5. The molecule has 0 spiro atoms. The zero-order valence-corrected chi connectivity index (χ0v) is 29.2. The average molecular weight is 670 g/mol. The van der Waals surface area contributed by atoms with Crippen LogP contribution in [0.25, 0.3) is 11.3 Å². The molecule has 0 fully saturated rings. The van der Waals surface area contributed by atoms with Gasteiger partial charge >= 0.3 is 11.9 Å². The lowest BCUT2D eigenvalue weighted by molar-refractivity contribution is -0.148. The SMILES string of the molecule is CC[C@H](COC(=O)[C@@H](NC)C(C)C)Nc1ncc(C)c(-c2c[nH]c(C(=O)N[C@H](COC(=O)[C@@H](NC)C(C)C)c3cccc(Cl)c3)c2)n1. The van der Waals surface area contributed by atoms with Gasteiger partial charge in [-0.05, 0) is 68.6 Å². The van der Waals surface area contributed by atoms with Crippen LogP contribution in [0.15, 0.2) is 42.7 Å². The van der Waals surface area contributed by atoms with Gasteiger partial charge in [-0.1, -0.05) is 58.4 Å². The number of ether oxygens (including phenoxy) is 2. The topological polar surface area (TPSA) is 159 Å². The van der Waals surface area contributed by atoms with Gasteiger partial charge in [0.15, 0.2) is 0 Å². The Kier molecular flexibility index (Phi) is 14.2. The molecule has 3 aromatic rings. The number of nitrogens with zero attached hydrogens (tertiary/aromatic N) is 2. The number of aryl methyl sites for hydroxylation is 1. The van der Waals surface area contributed by atoms with E-state index in [1.54, 1.807) is 50.8 Å². The molecule has 2 aromatic heterocycles. The number of halogens is 1. The number of H-pyrrole nitrogens is 1. The summed E-state index contributed by atoms with van der Waals surface area (Å²) in [7, 11) is 3.44. The van der Waals surface area contributed by atoms with Crippen LogP contribution in [0.5, 0.6) is 0 Å². The van der Waals surface area contributed by atoms with E-state index in [2.05, 4.69) is 31.2 Å². The molecule has 13 heteroatoms. The van der Waals surface area contributed by atoms with Gasteiger partial charge in [-0.3, -0.25) is 14.4 Å². The van der Waals surface area contributed by atoms with E-state index in [4.69, 9.17) is 26.1 Å². The minimum absolute atomic E-state index is 0.0243. The summed E-state index contributed by atoms with van der Waals surface area (Å²) >= 11 is 6.24. The Morgan fingerprint density at radius 3 is 2.17 bits per heavy atom. The summed E-state index contributed by atoms with van der Waals surface area (Å²) in [6.07, 6.45) is 4.08. The number of aromatic nitrogens is 3. The minimum atomic E-state index is -0.651. The van der Waals surface area contributed by atoms with E-state index in [-0.39, 0.29) is 43.1 Å². The molecular weight excluding hydrogens is 622 g/mol. The first-order valence-electron chi connectivity index (χ1n) is 15.9. The number of nitrogens with one attached hydrogen (secondary N) is 5. The van der Waals surface area contributed by atoms with Crippen molar-refractivity contribution < 1.29 is 23.9 Å². The van der Waals surface area contributed by atoms with Crippen molar-refractivity contribution in [2.24, 2.45) is 11.8 Å². The van der Waals surface area contributed by atoms with Crippen molar-refractivity contribution in [3.8, 4) is 11.3 Å². The molecule has 47 heavy (non-hydrogen) atoms. The Labute approximate surface area is 282 Å². The third-order valence-corrected chi connectivity index (χ3v) is 8.07. The highest BCUT2D eigenvalue weighted by molar-refractivity contribution is 6.30. The zero-order valence-electron chi connectivity index (χ0n) is 28.4. The summed E-state index contributed by atoms with van der Waals surface area (Å²) in [6.45, 7) is 11.7. The second kappa shape index (κ2) is 17.8. The molecule has 1 amide bonds. The predicted molar refractivity (Wildman–Crippen MR) is 183 cm³/mol. The second-order valence-electron chi connectivity index (χ2n) is 12.1. The second-order valence-corrected chi connectivity index (χ2v) is 12.6. The van der Waals surface area contributed by atoms with Gasteiger partial charge in [0.1, 0.15) is 31.0 Å². The number of rotatable bonds is 17. The fourth-order valence-corrected chi connectivity index (χ4v) is 5.26. The summed E-state index contributed by atoms with van der Waals surface area (Å²) in [5.74, 6) is -0.617. The van der Waals surface area contributed by atoms with Crippen molar-refractivity contribution in [1.29, 1.82) is 0 Å². The standard InChI is InChI=1S/C34H48ClN7O5/c1-9-25(17-46-32(44)28(36-7)19(2)3)40-34-39-15-21(6)30(42-34)23-14-26(38-16-23)31(43)41-27(22-11-10-12-24(35)13-22)18-47-33(45)29(37-8)20(4)5/h10-16,19-20,25,27-29,36-38H,9,17-18H2,1-8H3,(H,41,43)(H,39,40,42)/t25-,27-,28+,29+/m1/s1. The number of benzene rings is 1. The third-order valence-electron chi connectivity index (χ3n) is 7.84. The molecule has 2 heterocycles. The number of hydrogen-bond acceptors (Lipinski definition) is 10. The van der Waals surface area contributed by atoms with Crippen LogP contribution in [0.3, 0.4) is 0 Å². The van der Waals surface area contributed by atoms with Gasteiger partial charge in [0, 0.05) is 23.0 Å². The highest BCUT2D eigenvalue weighted by atomic mass is 35.5.